The molecule has 0 aliphatic heterocycles. The second-order valence-electron chi connectivity index (χ2n) is 6.38. The van der Waals surface area contributed by atoms with Gasteiger partial charge in [-0.05, 0) is 12.5 Å². The number of rotatable bonds is 10. The van der Waals surface area contributed by atoms with Gasteiger partial charge >= 0.3 is 11.0 Å². The van der Waals surface area contributed by atoms with Crippen molar-refractivity contribution in [1.29, 1.82) is 0 Å². The molecule has 1 heterocycles. The molecule has 32 heavy (non-hydrogen) atoms. The highest BCUT2D eigenvalue weighted by Crippen LogP contribution is 2.36. The van der Waals surface area contributed by atoms with Gasteiger partial charge in [0.15, 0.2) is 32.4 Å². The van der Waals surface area contributed by atoms with Crippen LogP contribution in [0.4, 0.5) is 26.3 Å². The van der Waals surface area contributed by atoms with Gasteiger partial charge in [0.05, 0.1) is 0 Å². The van der Waals surface area contributed by atoms with Crippen LogP contribution in [0.15, 0.2) is 24.5 Å². The van der Waals surface area contributed by atoms with Crippen LogP contribution in [0.3, 0.4) is 0 Å². The Balaban J connectivity index is 0.000000607. The molecule has 1 aromatic heterocycles. The number of halogens is 6. The first kappa shape index (κ1) is 30.1. The Labute approximate surface area is 181 Å². The molecule has 0 aliphatic carbocycles. The summed E-state index contributed by atoms with van der Waals surface area (Å²) in [6, 6.07) is 3.62. The molecule has 0 radical (unpaired) electrons. The normalized spacial score (nSPS) is 12.7. The fourth-order valence-electron chi connectivity index (χ4n) is 2.10. The highest BCUT2D eigenvalue weighted by atomic mass is 32.3. The van der Waals surface area contributed by atoms with Crippen LogP contribution < -0.4 is 10.3 Å². The molecule has 1 rings (SSSR count). The number of nitrogens with zero attached hydrogens (tertiary/aromatic N) is 2. The van der Waals surface area contributed by atoms with Crippen LogP contribution >= 0.6 is 0 Å². The zero-order valence-electron chi connectivity index (χ0n) is 16.9. The molecule has 1 amide bonds. The van der Waals surface area contributed by atoms with Crippen LogP contribution in [0, 0.1) is 0 Å². The van der Waals surface area contributed by atoms with Gasteiger partial charge in [-0.25, -0.2) is 21.4 Å². The maximum absolute atomic E-state index is 11.4. The topological polar surface area (TPSA) is 129 Å². The third kappa shape index (κ3) is 10.6. The summed E-state index contributed by atoms with van der Waals surface area (Å²) in [5.41, 5.74) is -6.58. The fourth-order valence-corrected chi connectivity index (χ4v) is 3.80. The average molecular weight is 515 g/mol. The molecule has 0 saturated carbocycles. The van der Waals surface area contributed by atoms with Crippen LogP contribution in [0.5, 0.6) is 0 Å². The lowest BCUT2D eigenvalue weighted by atomic mass is 10.1. The van der Waals surface area contributed by atoms with Gasteiger partial charge in [0.2, 0.25) is 0 Å². The number of hydrogen-bond donors (Lipinski definition) is 1. The zero-order chi connectivity index (χ0) is 25.2. The number of pyridine rings is 1. The smallest absolute Gasteiger partial charge is 0.421 e. The van der Waals surface area contributed by atoms with Gasteiger partial charge in [-0.1, -0.05) is 32.6 Å². The molecule has 0 saturated heterocycles. The van der Waals surface area contributed by atoms with Gasteiger partial charge in [-0.3, -0.25) is 4.79 Å². The molecule has 0 bridgehead atoms. The van der Waals surface area contributed by atoms with E-state index in [1.165, 1.54) is 32.1 Å². The summed E-state index contributed by atoms with van der Waals surface area (Å²) in [5.74, 6) is -0.359. The third-order valence-corrected chi connectivity index (χ3v) is 6.43. The first-order valence-electron chi connectivity index (χ1n) is 9.10. The minimum Gasteiger partial charge on any atom is -0.421 e. The van der Waals surface area contributed by atoms with E-state index in [-0.39, 0.29) is 5.91 Å². The molecule has 8 nitrogen and oxygen atoms in total. The van der Waals surface area contributed by atoms with Crippen molar-refractivity contribution in [3.8, 4) is 0 Å². The second-order valence-corrected chi connectivity index (χ2v) is 9.80. The Bertz CT molecular complexity index is 906. The standard InChI is InChI=1S/C14H22N2O.C2F6NO4S2/c1-2-3-4-5-6-7-10-16-11-8-9-13(12-16)14(15)17;3-1(4,5)14(10,11)9-15(12,13)2(6,7)8/h8-9,11-12H,2-7,10H2,1H3,(H-,15,17);/q;-1/p+1. The summed E-state index contributed by atoms with van der Waals surface area (Å²) in [4.78, 5) is 11.0. The summed E-state index contributed by atoms with van der Waals surface area (Å²) in [5, 5.41) is 0. The number of hydrogen-bond acceptors (Lipinski definition) is 5. The molecule has 0 unspecified atom stereocenters. The lowest BCUT2D eigenvalue weighted by Gasteiger charge is -2.22. The summed E-state index contributed by atoms with van der Waals surface area (Å²) in [7, 11) is -13.4. The SMILES string of the molecule is CCCCCCCC[n+]1cccc(C(N)=O)c1.O=S(=O)([N-]S(=O)(=O)C(F)(F)F)C(F)(F)F. The number of aromatic nitrogens is 1. The van der Waals surface area contributed by atoms with Gasteiger partial charge < -0.3 is 9.86 Å². The molecule has 0 aromatic carbocycles. The van der Waals surface area contributed by atoms with E-state index >= 15 is 0 Å². The lowest BCUT2D eigenvalue weighted by molar-refractivity contribution is -0.697. The number of amides is 1. The Morgan fingerprint density at radius 2 is 1.41 bits per heavy atom. The predicted molar refractivity (Wildman–Crippen MR) is 102 cm³/mol. The third-order valence-electron chi connectivity index (χ3n) is 3.69. The highest BCUT2D eigenvalue weighted by Gasteiger charge is 2.46. The molecule has 0 spiro atoms. The Morgan fingerprint density at radius 1 is 0.938 bits per heavy atom. The molecular formula is C16H23F6N3O5S2. The monoisotopic (exact) mass is 515 g/mol. The van der Waals surface area contributed by atoms with E-state index in [4.69, 9.17) is 5.73 Å². The number of carbonyl (C=O) groups is 1. The van der Waals surface area contributed by atoms with E-state index in [0.29, 0.717) is 5.56 Å². The minimum absolute atomic E-state index is 0.359. The van der Waals surface area contributed by atoms with Crippen molar-refractivity contribution in [2.45, 2.75) is 63.0 Å². The van der Waals surface area contributed by atoms with E-state index in [9.17, 15) is 48.0 Å². The average Bonchev–Trinajstić information content (AvgIpc) is 2.62. The van der Waals surface area contributed by atoms with Crippen molar-refractivity contribution in [3.63, 3.8) is 0 Å². The number of alkyl halides is 6. The molecule has 186 valence electrons. The van der Waals surface area contributed by atoms with Crippen LogP contribution in [0.25, 0.3) is 4.13 Å². The lowest BCUT2D eigenvalue weighted by Crippen LogP contribution is -2.34. The van der Waals surface area contributed by atoms with E-state index in [1.54, 1.807) is 6.07 Å². The van der Waals surface area contributed by atoms with Crippen LogP contribution in [0.2, 0.25) is 0 Å². The summed E-state index contributed by atoms with van der Waals surface area (Å²) in [6.45, 7) is 3.19. The first-order valence-corrected chi connectivity index (χ1v) is 12.0. The van der Waals surface area contributed by atoms with Gasteiger partial charge in [-0.2, -0.15) is 26.3 Å². The molecule has 0 fully saturated rings. The number of unbranched alkanes of at least 4 members (excludes halogenated alkanes) is 5. The number of primary amides is 1. The molecule has 1 aromatic rings. The van der Waals surface area contributed by atoms with Crippen molar-refractivity contribution >= 4 is 26.0 Å². The summed E-state index contributed by atoms with van der Waals surface area (Å²) < 4.78 is 111. The van der Waals surface area contributed by atoms with Gasteiger partial charge in [0.25, 0.3) is 5.91 Å². The number of nitrogens with two attached hydrogens (primary N) is 1. The molecule has 0 aliphatic rings. The van der Waals surface area contributed by atoms with Crippen molar-refractivity contribution in [2.75, 3.05) is 0 Å². The number of sulfonamides is 2. The van der Waals surface area contributed by atoms with Crippen LogP contribution in [-0.4, -0.2) is 33.8 Å². The van der Waals surface area contributed by atoms with Crippen molar-refractivity contribution < 1.29 is 52.5 Å². The van der Waals surface area contributed by atoms with Crippen molar-refractivity contribution in [1.82, 2.24) is 0 Å². The van der Waals surface area contributed by atoms with Crippen LogP contribution in [0.1, 0.15) is 55.8 Å². The van der Waals surface area contributed by atoms with Gasteiger partial charge in [-0.15, -0.1) is 0 Å². The largest absolute Gasteiger partial charge is 0.480 e. The van der Waals surface area contributed by atoms with E-state index < -0.39 is 31.1 Å². The quantitative estimate of drug-likeness (QED) is 0.290. The van der Waals surface area contributed by atoms with Crippen molar-refractivity contribution in [2.24, 2.45) is 5.73 Å². The van der Waals surface area contributed by atoms with Gasteiger partial charge in [0, 0.05) is 12.5 Å². The maximum atomic E-state index is 11.4. The number of aryl methyl sites for hydroxylation is 1. The maximum Gasteiger partial charge on any atom is 0.480 e. The van der Waals surface area contributed by atoms with Crippen molar-refractivity contribution in [3.05, 3.63) is 34.2 Å². The summed E-state index contributed by atoms with van der Waals surface area (Å²) >= 11 is 0. The Kier molecular flexibility index (Phi) is 11.6. The van der Waals surface area contributed by atoms with Crippen LogP contribution in [-0.2, 0) is 26.6 Å². The highest BCUT2D eigenvalue weighted by molar-refractivity contribution is 8.13. The summed E-state index contributed by atoms with van der Waals surface area (Å²) in [6.07, 6.45) is 11.5. The zero-order valence-corrected chi connectivity index (χ0v) is 18.5. The fraction of sp³-hybridized carbons (Fsp3) is 0.625. The predicted octanol–water partition coefficient (Wildman–Crippen LogP) is 3.49. The second kappa shape index (κ2) is 12.3. The van der Waals surface area contributed by atoms with Gasteiger partial charge in [0.1, 0.15) is 12.1 Å². The molecule has 0 atom stereocenters. The molecular weight excluding hydrogens is 492 g/mol. The van der Waals surface area contributed by atoms with E-state index in [2.05, 4.69) is 6.92 Å². The van der Waals surface area contributed by atoms with E-state index in [1.807, 2.05) is 23.0 Å². The minimum atomic E-state index is -6.72. The first-order chi connectivity index (χ1) is 14.4. The molecule has 16 heteroatoms. The Hall–Kier alpha value is -1.94. The molecule has 2 N–H and O–H groups in total. The Morgan fingerprint density at radius 3 is 1.84 bits per heavy atom. The number of carbonyl (C=O) groups excluding carboxylic acids is 1. The van der Waals surface area contributed by atoms with E-state index in [0.717, 1.165) is 17.1 Å².